The van der Waals surface area contributed by atoms with Gasteiger partial charge in [0.15, 0.2) is 28.6 Å². The highest BCUT2D eigenvalue weighted by Crippen LogP contribution is 2.46. The summed E-state index contributed by atoms with van der Waals surface area (Å²) in [6, 6.07) is 8.64. The van der Waals surface area contributed by atoms with E-state index in [2.05, 4.69) is 15.4 Å². The minimum Gasteiger partial charge on any atom is -0.364 e. The van der Waals surface area contributed by atoms with Crippen molar-refractivity contribution in [2.45, 2.75) is 57.5 Å². The summed E-state index contributed by atoms with van der Waals surface area (Å²) in [6.07, 6.45) is -0.734. The number of aromatic nitrogens is 2. The van der Waals surface area contributed by atoms with Crippen molar-refractivity contribution in [3.63, 3.8) is 0 Å². The van der Waals surface area contributed by atoms with Gasteiger partial charge in [0.2, 0.25) is 0 Å². The Hall–Kier alpha value is -2.43. The predicted octanol–water partition coefficient (Wildman–Crippen LogP) is 2.52. The summed E-state index contributed by atoms with van der Waals surface area (Å²) < 4.78 is 24.3. The molecule has 1 aromatic heterocycles. The number of hydrogen-bond acceptors (Lipinski definition) is 7. The monoisotopic (exact) mass is 477 g/mol. The van der Waals surface area contributed by atoms with Gasteiger partial charge in [-0.05, 0) is 44.6 Å². The fourth-order valence-corrected chi connectivity index (χ4v) is 4.93. The van der Waals surface area contributed by atoms with Crippen molar-refractivity contribution in [1.29, 1.82) is 0 Å². The Morgan fingerprint density at radius 2 is 1.94 bits per heavy atom. The van der Waals surface area contributed by atoms with Crippen LogP contribution in [0.4, 0.5) is 5.82 Å². The maximum atomic E-state index is 12.4. The standard InChI is InChI=1S/C20H24N5O5PS/c1-4-11-13-14(30-20(2,3)29-13)18(28-11)25-16(12(15(21)26)24-31-25)22-19(32)23-17(27)10-8-6-5-7-9-10/h5-9,11,13-14,18H,4H2,1-3H3,(H2,21,26)(H2,22,23,27,32). The zero-order valence-corrected chi connectivity index (χ0v) is 19.5. The van der Waals surface area contributed by atoms with Crippen molar-refractivity contribution < 1.29 is 23.8 Å². The van der Waals surface area contributed by atoms with Crippen LogP contribution in [0.2, 0.25) is 0 Å². The third kappa shape index (κ3) is 4.39. The van der Waals surface area contributed by atoms with Crippen molar-refractivity contribution >= 4 is 43.5 Å². The molecule has 10 nitrogen and oxygen atoms in total. The lowest BCUT2D eigenvalue weighted by molar-refractivity contribution is -0.195. The third-order valence-electron chi connectivity index (χ3n) is 5.19. The highest BCUT2D eigenvalue weighted by atomic mass is 32.1. The largest absolute Gasteiger partial charge is 0.364 e. The van der Waals surface area contributed by atoms with Crippen molar-refractivity contribution in [1.82, 2.24) is 14.4 Å². The molecule has 12 heteroatoms. The van der Waals surface area contributed by atoms with Gasteiger partial charge < -0.3 is 25.3 Å². The highest BCUT2D eigenvalue weighted by molar-refractivity contribution is 7.80. The molecule has 4 atom stereocenters. The molecular formula is C20H24N5O5PS. The minimum atomic E-state index is -0.763. The van der Waals surface area contributed by atoms with Crippen LogP contribution in [-0.2, 0) is 14.2 Å². The van der Waals surface area contributed by atoms with Gasteiger partial charge in [-0.15, -0.1) is 0 Å². The third-order valence-corrected chi connectivity index (χ3v) is 6.31. The van der Waals surface area contributed by atoms with Gasteiger partial charge in [0.05, 0.1) is 6.10 Å². The molecule has 170 valence electrons. The summed E-state index contributed by atoms with van der Waals surface area (Å²) in [5, 5.41) is 5.49. The van der Waals surface area contributed by atoms with Crippen LogP contribution in [0.15, 0.2) is 30.3 Å². The lowest BCUT2D eigenvalue weighted by atomic mass is 10.1. The van der Waals surface area contributed by atoms with E-state index >= 15 is 0 Å². The number of carbonyl (C=O) groups excluding carboxylic acids is 2. The summed E-state index contributed by atoms with van der Waals surface area (Å²) in [4.78, 5) is 24.5. The van der Waals surface area contributed by atoms with Crippen LogP contribution in [0.5, 0.6) is 0 Å². The summed E-state index contributed by atoms with van der Waals surface area (Å²) in [5.74, 6) is -1.64. The number of fused-ring (bicyclic) bond motifs is 1. The van der Waals surface area contributed by atoms with Crippen LogP contribution in [0.25, 0.3) is 0 Å². The maximum absolute atomic E-state index is 12.4. The number of rotatable bonds is 5. The van der Waals surface area contributed by atoms with Crippen LogP contribution in [0.3, 0.4) is 0 Å². The van der Waals surface area contributed by atoms with Gasteiger partial charge in [-0.2, -0.15) is 0 Å². The number of thiocarbonyl (C=S) groups is 1. The average Bonchev–Trinajstić information content (AvgIpc) is 3.39. The highest BCUT2D eigenvalue weighted by Gasteiger charge is 2.55. The number of nitrogens with zero attached hydrogens (tertiary/aromatic N) is 2. The van der Waals surface area contributed by atoms with E-state index in [4.69, 9.17) is 32.2 Å². The number of nitrogens with two attached hydrogens (primary N) is 1. The zero-order valence-electron chi connectivity index (χ0n) is 17.8. The molecule has 4 N–H and O–H groups in total. The first kappa shape index (κ1) is 22.8. The van der Waals surface area contributed by atoms with E-state index < -0.39 is 24.0 Å². The average molecular weight is 477 g/mol. The lowest BCUT2D eigenvalue weighted by Gasteiger charge is -2.25. The maximum Gasteiger partial charge on any atom is 0.271 e. The summed E-state index contributed by atoms with van der Waals surface area (Å²) in [5.41, 5.74) is 5.98. The molecular weight excluding hydrogens is 453 g/mol. The first-order valence-electron chi connectivity index (χ1n) is 10.1. The number of ether oxygens (including phenoxy) is 3. The van der Waals surface area contributed by atoms with Crippen molar-refractivity contribution in [2.24, 2.45) is 5.73 Å². The van der Waals surface area contributed by atoms with Gasteiger partial charge in [0, 0.05) is 5.56 Å². The van der Waals surface area contributed by atoms with Gasteiger partial charge >= 0.3 is 0 Å². The Morgan fingerprint density at radius 3 is 2.59 bits per heavy atom. The summed E-state index contributed by atoms with van der Waals surface area (Å²) in [7, 11) is 0.407. The number of benzene rings is 1. The Bertz CT molecular complexity index is 1050. The first-order chi connectivity index (χ1) is 15.2. The van der Waals surface area contributed by atoms with Crippen LogP contribution in [-0.4, -0.2) is 50.1 Å². The second-order valence-electron chi connectivity index (χ2n) is 7.91. The molecule has 4 rings (SSSR count). The van der Waals surface area contributed by atoms with Gasteiger partial charge in [0.25, 0.3) is 11.8 Å². The van der Waals surface area contributed by atoms with Gasteiger partial charge in [0.1, 0.15) is 20.7 Å². The van der Waals surface area contributed by atoms with E-state index in [0.29, 0.717) is 14.1 Å². The molecule has 2 aliphatic rings. The minimum absolute atomic E-state index is 0.00116. The summed E-state index contributed by atoms with van der Waals surface area (Å²) >= 11 is 5.31. The number of hydrogen-bond donors (Lipinski definition) is 3. The Labute approximate surface area is 192 Å². The number of amides is 2. The van der Waals surface area contributed by atoms with Crippen molar-refractivity contribution in [3.05, 3.63) is 41.6 Å². The summed E-state index contributed by atoms with van der Waals surface area (Å²) in [6.45, 7) is 5.70. The fraction of sp³-hybridized carbons (Fsp3) is 0.450. The second-order valence-corrected chi connectivity index (χ2v) is 9.13. The number of carbonyl (C=O) groups is 2. The van der Waals surface area contributed by atoms with E-state index in [-0.39, 0.29) is 34.7 Å². The molecule has 0 radical (unpaired) electrons. The van der Waals surface area contributed by atoms with Crippen molar-refractivity contribution in [2.75, 3.05) is 5.32 Å². The molecule has 2 fully saturated rings. The molecule has 0 saturated carbocycles. The van der Waals surface area contributed by atoms with Gasteiger partial charge in [-0.25, -0.2) is 4.75 Å². The molecule has 2 saturated heterocycles. The predicted molar refractivity (Wildman–Crippen MR) is 121 cm³/mol. The molecule has 32 heavy (non-hydrogen) atoms. The number of primary amides is 1. The molecule has 0 bridgehead atoms. The zero-order chi connectivity index (χ0) is 23.0. The van der Waals surface area contributed by atoms with Crippen LogP contribution in [0, 0.1) is 0 Å². The lowest BCUT2D eigenvalue weighted by Crippen LogP contribution is -2.36. The molecule has 2 aromatic rings. The van der Waals surface area contributed by atoms with E-state index in [1.54, 1.807) is 28.6 Å². The quantitative estimate of drug-likeness (QED) is 0.560. The van der Waals surface area contributed by atoms with Crippen LogP contribution >= 0.6 is 20.7 Å². The van der Waals surface area contributed by atoms with E-state index in [1.807, 2.05) is 26.8 Å². The topological polar surface area (TPSA) is 130 Å². The molecule has 1 aromatic carbocycles. The SMILES string of the molecule is CCC1OC(n2pnc(C(N)=O)c2NC(=S)NC(=O)c2ccccc2)C2OC(C)(C)OC12. The first-order valence-corrected chi connectivity index (χ1v) is 11.3. The Balaban J connectivity index is 1.59. The fourth-order valence-electron chi connectivity index (χ4n) is 3.84. The van der Waals surface area contributed by atoms with Crippen LogP contribution in [0.1, 0.15) is 54.3 Å². The molecule has 2 amide bonds. The van der Waals surface area contributed by atoms with E-state index in [1.165, 1.54) is 0 Å². The molecule has 0 aliphatic carbocycles. The second kappa shape index (κ2) is 8.84. The van der Waals surface area contributed by atoms with Gasteiger partial charge in [-0.3, -0.25) is 19.2 Å². The number of nitrogens with one attached hydrogen (secondary N) is 2. The van der Waals surface area contributed by atoms with Gasteiger partial charge in [-0.1, -0.05) is 25.1 Å². The number of anilines is 1. The Kier molecular flexibility index (Phi) is 6.28. The molecule has 2 aliphatic heterocycles. The van der Waals surface area contributed by atoms with Crippen molar-refractivity contribution in [3.8, 4) is 0 Å². The smallest absolute Gasteiger partial charge is 0.271 e. The Morgan fingerprint density at radius 1 is 1.25 bits per heavy atom. The van der Waals surface area contributed by atoms with Crippen LogP contribution < -0.4 is 16.4 Å². The molecule has 0 spiro atoms. The normalized spacial score (nSPS) is 26.1. The molecule has 3 heterocycles. The molecule has 4 unspecified atom stereocenters. The van der Waals surface area contributed by atoms with E-state index in [9.17, 15) is 9.59 Å². The van der Waals surface area contributed by atoms with E-state index in [0.717, 1.165) is 6.42 Å².